The molecule has 4 aromatic rings. The molecular formula is C34H35F3N8O2. The summed E-state index contributed by atoms with van der Waals surface area (Å²) in [5, 5.41) is 15.2. The van der Waals surface area contributed by atoms with E-state index in [0.717, 1.165) is 44.4 Å². The summed E-state index contributed by atoms with van der Waals surface area (Å²) in [7, 11) is 4.00. The number of hydrogen-bond donors (Lipinski definition) is 1. The van der Waals surface area contributed by atoms with Crippen molar-refractivity contribution in [2.75, 3.05) is 39.5 Å². The highest BCUT2D eigenvalue weighted by atomic mass is 19.2. The maximum atomic E-state index is 15.6. The summed E-state index contributed by atoms with van der Waals surface area (Å²) in [5.74, 6) is -3.66. The second-order valence-corrected chi connectivity index (χ2v) is 12.6. The number of piperidine rings is 1. The molecule has 2 aliphatic rings. The van der Waals surface area contributed by atoms with Crippen molar-refractivity contribution >= 4 is 22.8 Å². The van der Waals surface area contributed by atoms with Crippen molar-refractivity contribution in [1.29, 1.82) is 5.26 Å². The van der Waals surface area contributed by atoms with Crippen LogP contribution in [0.3, 0.4) is 0 Å². The summed E-state index contributed by atoms with van der Waals surface area (Å²) in [6.45, 7) is 1.52. The summed E-state index contributed by atoms with van der Waals surface area (Å²) in [5.41, 5.74) is 6.84. The normalized spacial score (nSPS) is 18.1. The third kappa shape index (κ3) is 6.38. The van der Waals surface area contributed by atoms with Crippen molar-refractivity contribution in [3.8, 4) is 28.8 Å². The van der Waals surface area contributed by atoms with Crippen LogP contribution >= 0.6 is 0 Å². The van der Waals surface area contributed by atoms with Gasteiger partial charge in [0.25, 0.3) is 5.91 Å². The number of halogens is 3. The van der Waals surface area contributed by atoms with Gasteiger partial charge in [0, 0.05) is 36.7 Å². The molecule has 1 atom stereocenters. The number of nitrogens with two attached hydrogens (primary N) is 1. The first-order chi connectivity index (χ1) is 22.6. The lowest BCUT2D eigenvalue weighted by Gasteiger charge is -2.34. The quantitative estimate of drug-likeness (QED) is 0.182. The second-order valence-electron chi connectivity index (χ2n) is 12.6. The zero-order valence-electron chi connectivity index (χ0n) is 26.2. The van der Waals surface area contributed by atoms with Crippen LogP contribution in [0.4, 0.5) is 19.0 Å². The van der Waals surface area contributed by atoms with Crippen molar-refractivity contribution in [1.82, 2.24) is 29.5 Å². The molecule has 2 N–H and O–H groups in total. The highest BCUT2D eigenvalue weighted by Crippen LogP contribution is 2.41. The van der Waals surface area contributed by atoms with Gasteiger partial charge < -0.3 is 20.3 Å². The molecule has 0 bridgehead atoms. The van der Waals surface area contributed by atoms with Gasteiger partial charge in [0.1, 0.15) is 41.0 Å². The average molecular weight is 645 g/mol. The molecule has 47 heavy (non-hydrogen) atoms. The standard InChI is InChI=1S/C34H35F3N8O2/c1-43(2)19-34(12-3-4-13-34)16-21(17-38)33(46)44-14-6-7-22(18-44)45-32-28(31(39)40-20-41-32)30(42-45)24-11-10-23(15-26(24)36)47-27-9-5-8-25(35)29(27)37/h5,8-11,15-16,20,22H,3-4,6-7,12-14,18-19H2,1-2H3,(H2,39,40,41)/t22-/m0/s1. The maximum Gasteiger partial charge on any atom is 0.264 e. The minimum Gasteiger partial charge on any atom is -0.454 e. The van der Waals surface area contributed by atoms with Crippen LogP contribution in [0.25, 0.3) is 22.3 Å². The second kappa shape index (κ2) is 13.0. The highest BCUT2D eigenvalue weighted by Gasteiger charge is 2.36. The maximum absolute atomic E-state index is 15.6. The van der Waals surface area contributed by atoms with Crippen LogP contribution in [-0.2, 0) is 4.79 Å². The van der Waals surface area contributed by atoms with E-state index >= 15 is 4.39 Å². The van der Waals surface area contributed by atoms with Crippen molar-refractivity contribution in [2.45, 2.75) is 44.6 Å². The minimum atomic E-state index is -1.18. The smallest absolute Gasteiger partial charge is 0.264 e. The Morgan fingerprint density at radius 1 is 1.15 bits per heavy atom. The molecule has 13 heteroatoms. The Morgan fingerprint density at radius 2 is 1.94 bits per heavy atom. The minimum absolute atomic E-state index is 0.0449. The number of nitriles is 1. The topological polar surface area (TPSA) is 126 Å². The van der Waals surface area contributed by atoms with E-state index in [4.69, 9.17) is 15.6 Å². The van der Waals surface area contributed by atoms with Crippen molar-refractivity contribution < 1.29 is 22.7 Å². The predicted octanol–water partition coefficient (Wildman–Crippen LogP) is 6.02. The van der Waals surface area contributed by atoms with Crippen LogP contribution in [0.2, 0.25) is 0 Å². The molecule has 2 aromatic heterocycles. The summed E-state index contributed by atoms with van der Waals surface area (Å²) in [6, 6.07) is 9.20. The first kappa shape index (κ1) is 32.0. The van der Waals surface area contributed by atoms with Gasteiger partial charge in [0.05, 0.1) is 11.4 Å². The Morgan fingerprint density at radius 3 is 2.66 bits per heavy atom. The summed E-state index contributed by atoms with van der Waals surface area (Å²) >= 11 is 0. The Labute approximate surface area is 270 Å². The zero-order chi connectivity index (χ0) is 33.3. The molecule has 244 valence electrons. The van der Waals surface area contributed by atoms with Gasteiger partial charge in [0.2, 0.25) is 5.82 Å². The molecule has 0 unspecified atom stereocenters. The van der Waals surface area contributed by atoms with Gasteiger partial charge in [-0.1, -0.05) is 25.0 Å². The number of amides is 1. The number of rotatable bonds is 8. The van der Waals surface area contributed by atoms with Crippen LogP contribution < -0.4 is 10.5 Å². The number of fused-ring (bicyclic) bond motifs is 1. The molecule has 10 nitrogen and oxygen atoms in total. The number of hydrogen-bond acceptors (Lipinski definition) is 8. The molecule has 2 aromatic carbocycles. The molecular weight excluding hydrogens is 609 g/mol. The number of ether oxygens (including phenoxy) is 1. The van der Waals surface area contributed by atoms with Gasteiger partial charge in [-0.05, 0) is 64.0 Å². The van der Waals surface area contributed by atoms with Crippen LogP contribution in [0.5, 0.6) is 11.5 Å². The summed E-state index contributed by atoms with van der Waals surface area (Å²) in [4.78, 5) is 26.1. The molecule has 1 aliphatic heterocycles. The van der Waals surface area contributed by atoms with Crippen LogP contribution in [-0.4, -0.2) is 69.2 Å². The molecule has 1 aliphatic carbocycles. The van der Waals surface area contributed by atoms with Gasteiger partial charge >= 0.3 is 0 Å². The Bertz CT molecular complexity index is 1890. The number of carbonyl (C=O) groups is 1. The van der Waals surface area contributed by atoms with Crippen LogP contribution in [0.1, 0.15) is 44.6 Å². The molecule has 0 radical (unpaired) electrons. The van der Waals surface area contributed by atoms with E-state index in [1.165, 1.54) is 30.6 Å². The largest absolute Gasteiger partial charge is 0.454 e. The summed E-state index contributed by atoms with van der Waals surface area (Å²) in [6.07, 6.45) is 8.49. The fourth-order valence-electron chi connectivity index (χ4n) is 6.89. The molecule has 1 saturated heterocycles. The SMILES string of the molecule is CN(C)CC1(C=C(C#N)C(=O)N2CCC[C@H](n3nc(-c4ccc(Oc5cccc(F)c5F)cc4F)c4c(N)ncnc43)C2)CCCC1. The third-order valence-corrected chi connectivity index (χ3v) is 8.92. The van der Waals surface area contributed by atoms with Gasteiger partial charge in [0.15, 0.2) is 17.2 Å². The van der Waals surface area contributed by atoms with E-state index in [-0.39, 0.29) is 58.1 Å². The zero-order valence-corrected chi connectivity index (χ0v) is 26.2. The first-order valence-electron chi connectivity index (χ1n) is 15.6. The number of nitrogen functional groups attached to an aromatic ring is 1. The number of nitrogens with zero attached hydrogens (tertiary/aromatic N) is 7. The van der Waals surface area contributed by atoms with Gasteiger partial charge in [-0.2, -0.15) is 14.8 Å². The Kier molecular flexibility index (Phi) is 8.88. The van der Waals surface area contributed by atoms with E-state index in [9.17, 15) is 18.8 Å². The predicted molar refractivity (Wildman–Crippen MR) is 170 cm³/mol. The lowest BCUT2D eigenvalue weighted by molar-refractivity contribution is -0.128. The van der Waals surface area contributed by atoms with Crippen molar-refractivity contribution in [3.63, 3.8) is 0 Å². The van der Waals surface area contributed by atoms with Crippen molar-refractivity contribution in [3.05, 3.63) is 71.8 Å². The Balaban J connectivity index is 1.30. The van der Waals surface area contributed by atoms with Crippen LogP contribution in [0.15, 0.2) is 54.4 Å². The van der Waals surface area contributed by atoms with E-state index in [1.54, 1.807) is 9.58 Å². The fourth-order valence-corrected chi connectivity index (χ4v) is 6.89. The molecule has 3 heterocycles. The average Bonchev–Trinajstić information content (AvgIpc) is 3.67. The van der Waals surface area contributed by atoms with Gasteiger partial charge in [-0.15, -0.1) is 0 Å². The molecule has 6 rings (SSSR count). The number of benzene rings is 2. The Hall–Kier alpha value is -4.96. The number of anilines is 1. The lowest BCUT2D eigenvalue weighted by atomic mass is 9.83. The molecule has 1 amide bonds. The van der Waals surface area contributed by atoms with E-state index in [1.807, 2.05) is 20.2 Å². The number of aromatic nitrogens is 4. The first-order valence-corrected chi connectivity index (χ1v) is 15.6. The van der Waals surface area contributed by atoms with Gasteiger partial charge in [-0.3, -0.25) is 4.79 Å². The van der Waals surface area contributed by atoms with Crippen molar-refractivity contribution in [2.24, 2.45) is 5.41 Å². The number of likely N-dealkylation sites (tertiary alicyclic amines) is 1. The van der Waals surface area contributed by atoms with E-state index in [0.29, 0.717) is 30.4 Å². The lowest BCUT2D eigenvalue weighted by Crippen LogP contribution is -2.42. The van der Waals surface area contributed by atoms with Crippen LogP contribution in [0, 0.1) is 34.2 Å². The monoisotopic (exact) mass is 644 g/mol. The third-order valence-electron chi connectivity index (χ3n) is 8.92. The van der Waals surface area contributed by atoms with Gasteiger partial charge in [-0.25, -0.2) is 23.4 Å². The highest BCUT2D eigenvalue weighted by molar-refractivity contribution is 5.99. The molecule has 0 spiro atoms. The number of carbonyl (C=O) groups excluding carboxylic acids is 1. The molecule has 2 fully saturated rings. The molecule has 1 saturated carbocycles. The van der Waals surface area contributed by atoms with E-state index in [2.05, 4.69) is 20.9 Å². The van der Waals surface area contributed by atoms with E-state index < -0.39 is 17.5 Å². The summed E-state index contributed by atoms with van der Waals surface area (Å²) < 4.78 is 50.5. The fraction of sp³-hybridized carbons (Fsp3) is 0.382.